The number of rotatable bonds is 5. The minimum Gasteiger partial charge on any atom is -0.397 e. The maximum atomic E-state index is 12.6. The first-order valence-electron chi connectivity index (χ1n) is 6.79. The average molecular weight is 249 g/mol. The van der Waals surface area contributed by atoms with Gasteiger partial charge in [-0.1, -0.05) is 0 Å². The number of nitrogen functional groups attached to an aromatic ring is 1. The molecule has 0 aromatic carbocycles. The number of hydrogen-bond acceptors (Lipinski definition) is 2. The van der Waals surface area contributed by atoms with Gasteiger partial charge in [0.2, 0.25) is 0 Å². The van der Waals surface area contributed by atoms with E-state index in [1.807, 2.05) is 22.6 Å². The molecule has 4 heteroatoms. The van der Waals surface area contributed by atoms with E-state index in [0.29, 0.717) is 17.3 Å². The lowest BCUT2D eigenvalue weighted by atomic mass is 10.2. The molecule has 100 valence electrons. The summed E-state index contributed by atoms with van der Waals surface area (Å²) in [6.07, 6.45) is 4.35. The Morgan fingerprint density at radius 2 is 2.22 bits per heavy atom. The summed E-state index contributed by atoms with van der Waals surface area (Å²) in [6.45, 7) is 7.82. The molecule has 1 amide bonds. The van der Waals surface area contributed by atoms with Crippen molar-refractivity contribution in [3.63, 3.8) is 0 Å². The molecule has 0 unspecified atom stereocenters. The molecule has 1 saturated carbocycles. The second-order valence-electron chi connectivity index (χ2n) is 5.44. The Bertz CT molecular complexity index is 432. The number of aryl methyl sites for hydroxylation is 1. The van der Waals surface area contributed by atoms with Gasteiger partial charge >= 0.3 is 0 Å². The van der Waals surface area contributed by atoms with Crippen LogP contribution in [0.15, 0.2) is 12.3 Å². The van der Waals surface area contributed by atoms with E-state index in [-0.39, 0.29) is 11.9 Å². The third-order valence-corrected chi connectivity index (χ3v) is 3.51. The van der Waals surface area contributed by atoms with E-state index in [1.54, 1.807) is 6.07 Å². The maximum absolute atomic E-state index is 12.6. The molecular formula is C14H23N3O. The van der Waals surface area contributed by atoms with Crippen molar-refractivity contribution >= 4 is 11.6 Å². The van der Waals surface area contributed by atoms with Crippen molar-refractivity contribution < 1.29 is 4.79 Å². The smallest absolute Gasteiger partial charge is 0.270 e. The SMILES string of the molecule is CCn1cc(N)cc1C(=O)N(CC1CC1)C(C)C. The van der Waals surface area contributed by atoms with Gasteiger partial charge in [-0.2, -0.15) is 0 Å². The minimum atomic E-state index is 0.107. The van der Waals surface area contributed by atoms with Crippen molar-refractivity contribution in [2.45, 2.75) is 46.2 Å². The standard InChI is InChI=1S/C14H23N3O/c1-4-16-9-12(15)7-13(16)14(18)17(10(2)3)8-11-5-6-11/h7,9-11H,4-6,8,15H2,1-3H3. The van der Waals surface area contributed by atoms with E-state index in [4.69, 9.17) is 5.73 Å². The largest absolute Gasteiger partial charge is 0.397 e. The molecule has 2 rings (SSSR count). The van der Waals surface area contributed by atoms with Crippen molar-refractivity contribution in [3.05, 3.63) is 18.0 Å². The Hall–Kier alpha value is -1.45. The van der Waals surface area contributed by atoms with Crippen LogP contribution in [0.5, 0.6) is 0 Å². The number of carbonyl (C=O) groups is 1. The molecule has 18 heavy (non-hydrogen) atoms. The zero-order valence-corrected chi connectivity index (χ0v) is 11.5. The van der Waals surface area contributed by atoms with Gasteiger partial charge in [-0.25, -0.2) is 0 Å². The third-order valence-electron chi connectivity index (χ3n) is 3.51. The Morgan fingerprint density at radius 1 is 1.56 bits per heavy atom. The summed E-state index contributed by atoms with van der Waals surface area (Å²) in [5, 5.41) is 0. The fourth-order valence-corrected chi connectivity index (χ4v) is 2.23. The molecule has 1 aromatic heterocycles. The van der Waals surface area contributed by atoms with Gasteiger partial charge in [0.25, 0.3) is 5.91 Å². The van der Waals surface area contributed by atoms with Gasteiger partial charge in [-0.15, -0.1) is 0 Å². The summed E-state index contributed by atoms with van der Waals surface area (Å²) in [5.41, 5.74) is 7.17. The number of nitrogens with two attached hydrogens (primary N) is 1. The van der Waals surface area contributed by atoms with Crippen molar-refractivity contribution in [2.24, 2.45) is 5.92 Å². The van der Waals surface area contributed by atoms with E-state index in [0.717, 1.165) is 13.1 Å². The monoisotopic (exact) mass is 249 g/mol. The quantitative estimate of drug-likeness (QED) is 0.871. The van der Waals surface area contributed by atoms with Gasteiger partial charge < -0.3 is 15.2 Å². The van der Waals surface area contributed by atoms with E-state index < -0.39 is 0 Å². The molecular weight excluding hydrogens is 226 g/mol. The first-order chi connectivity index (χ1) is 8.52. The first-order valence-corrected chi connectivity index (χ1v) is 6.79. The van der Waals surface area contributed by atoms with E-state index in [1.165, 1.54) is 12.8 Å². The second-order valence-corrected chi connectivity index (χ2v) is 5.44. The Balaban J connectivity index is 2.20. The van der Waals surface area contributed by atoms with Crippen LogP contribution in [0.25, 0.3) is 0 Å². The zero-order valence-electron chi connectivity index (χ0n) is 11.5. The van der Waals surface area contributed by atoms with Crippen LogP contribution in [0, 0.1) is 5.92 Å². The molecule has 1 aliphatic carbocycles. The molecule has 1 fully saturated rings. The number of anilines is 1. The molecule has 1 heterocycles. The van der Waals surface area contributed by atoms with Crippen LogP contribution in [0.3, 0.4) is 0 Å². The summed E-state index contributed by atoms with van der Waals surface area (Å²) in [5.74, 6) is 0.814. The van der Waals surface area contributed by atoms with Gasteiger partial charge in [0.15, 0.2) is 0 Å². The fourth-order valence-electron chi connectivity index (χ4n) is 2.23. The van der Waals surface area contributed by atoms with Crippen LogP contribution < -0.4 is 5.73 Å². The van der Waals surface area contributed by atoms with Crippen molar-refractivity contribution in [2.75, 3.05) is 12.3 Å². The number of hydrogen-bond donors (Lipinski definition) is 1. The molecule has 1 aliphatic rings. The van der Waals surface area contributed by atoms with Crippen molar-refractivity contribution in [1.82, 2.24) is 9.47 Å². The zero-order chi connectivity index (χ0) is 13.3. The summed E-state index contributed by atoms with van der Waals surface area (Å²) in [4.78, 5) is 14.6. The molecule has 0 atom stereocenters. The van der Waals surface area contributed by atoms with Gasteiger partial charge in [0, 0.05) is 25.3 Å². The van der Waals surface area contributed by atoms with E-state index in [9.17, 15) is 4.79 Å². The Labute approximate surface area is 109 Å². The van der Waals surface area contributed by atoms with Crippen molar-refractivity contribution in [1.29, 1.82) is 0 Å². The number of amides is 1. The highest BCUT2D eigenvalue weighted by Gasteiger charge is 2.29. The van der Waals surface area contributed by atoms with Gasteiger partial charge in [0.1, 0.15) is 5.69 Å². The second kappa shape index (κ2) is 5.04. The average Bonchev–Trinajstić information content (AvgIpc) is 3.06. The molecule has 0 radical (unpaired) electrons. The lowest BCUT2D eigenvalue weighted by Crippen LogP contribution is -2.39. The summed E-state index contributed by atoms with van der Waals surface area (Å²) in [6, 6.07) is 2.02. The highest BCUT2D eigenvalue weighted by molar-refractivity contribution is 5.94. The number of nitrogens with zero attached hydrogens (tertiary/aromatic N) is 2. The normalized spacial score (nSPS) is 15.1. The number of carbonyl (C=O) groups excluding carboxylic acids is 1. The van der Waals surface area contributed by atoms with Crippen LogP contribution in [-0.4, -0.2) is 28.0 Å². The van der Waals surface area contributed by atoms with Crippen molar-refractivity contribution in [3.8, 4) is 0 Å². The Morgan fingerprint density at radius 3 is 2.72 bits per heavy atom. The van der Waals surface area contributed by atoms with Crippen LogP contribution in [0.1, 0.15) is 44.1 Å². The van der Waals surface area contributed by atoms with Gasteiger partial charge in [0.05, 0.1) is 5.69 Å². The predicted molar refractivity (Wildman–Crippen MR) is 73.4 cm³/mol. The summed E-state index contributed by atoms with van der Waals surface area (Å²) in [7, 11) is 0. The third kappa shape index (κ3) is 2.68. The van der Waals surface area contributed by atoms with E-state index >= 15 is 0 Å². The summed E-state index contributed by atoms with van der Waals surface area (Å²) < 4.78 is 1.93. The molecule has 0 aliphatic heterocycles. The minimum absolute atomic E-state index is 0.107. The molecule has 2 N–H and O–H groups in total. The van der Waals surface area contributed by atoms with Gasteiger partial charge in [-0.3, -0.25) is 4.79 Å². The molecule has 4 nitrogen and oxygen atoms in total. The number of aromatic nitrogens is 1. The van der Waals surface area contributed by atoms with Crippen LogP contribution >= 0.6 is 0 Å². The molecule has 1 aromatic rings. The lowest BCUT2D eigenvalue weighted by molar-refractivity contribution is 0.0685. The molecule has 0 bridgehead atoms. The highest BCUT2D eigenvalue weighted by Crippen LogP contribution is 2.31. The van der Waals surface area contributed by atoms with Crippen LogP contribution in [-0.2, 0) is 6.54 Å². The fraction of sp³-hybridized carbons (Fsp3) is 0.643. The first kappa shape index (κ1) is 13.0. The van der Waals surface area contributed by atoms with E-state index in [2.05, 4.69) is 13.8 Å². The van der Waals surface area contributed by atoms with Crippen LogP contribution in [0.4, 0.5) is 5.69 Å². The van der Waals surface area contributed by atoms with Gasteiger partial charge in [-0.05, 0) is 45.6 Å². The highest BCUT2D eigenvalue weighted by atomic mass is 16.2. The maximum Gasteiger partial charge on any atom is 0.270 e. The lowest BCUT2D eigenvalue weighted by Gasteiger charge is -2.27. The predicted octanol–water partition coefficient (Wildman–Crippen LogP) is 2.35. The Kier molecular flexibility index (Phi) is 3.64. The molecule has 0 saturated heterocycles. The van der Waals surface area contributed by atoms with Crippen LogP contribution in [0.2, 0.25) is 0 Å². The summed E-state index contributed by atoms with van der Waals surface area (Å²) >= 11 is 0. The topological polar surface area (TPSA) is 51.3 Å². The molecule has 0 spiro atoms.